The van der Waals surface area contributed by atoms with Crippen LogP contribution in [0.4, 0.5) is 0 Å². The molecule has 2 rings (SSSR count). The van der Waals surface area contributed by atoms with Crippen molar-refractivity contribution in [1.29, 1.82) is 0 Å². The second-order valence-electron chi connectivity index (χ2n) is 7.34. The van der Waals surface area contributed by atoms with Crippen LogP contribution in [0.15, 0.2) is 10.7 Å². The van der Waals surface area contributed by atoms with E-state index in [9.17, 15) is 4.79 Å². The number of hydrogen-bond donors (Lipinski definition) is 0. The maximum Gasteiger partial charge on any atom is 0.185 e. The molecular formula is C17H27BrN2O. The average Bonchev–Trinajstić information content (AvgIpc) is 2.79. The van der Waals surface area contributed by atoms with E-state index in [1.165, 1.54) is 12.8 Å². The van der Waals surface area contributed by atoms with E-state index < -0.39 is 0 Å². The number of carbonyl (C=O) groups excluding carboxylic acids is 1. The van der Waals surface area contributed by atoms with Crippen molar-refractivity contribution in [1.82, 2.24) is 9.78 Å². The van der Waals surface area contributed by atoms with Gasteiger partial charge in [0.05, 0.1) is 10.7 Å². The second kappa shape index (κ2) is 6.64. The largest absolute Gasteiger partial charge is 0.292 e. The summed E-state index contributed by atoms with van der Waals surface area (Å²) in [5.41, 5.74) is 1.13. The SMILES string of the molecule is CCCn1ncc(Br)c1C(=O)C1CCC(C(C)(C)C)CC1. The van der Waals surface area contributed by atoms with E-state index in [4.69, 9.17) is 0 Å². The number of rotatable bonds is 4. The fourth-order valence-electron chi connectivity index (χ4n) is 3.40. The first-order chi connectivity index (χ1) is 9.84. The summed E-state index contributed by atoms with van der Waals surface area (Å²) in [6, 6.07) is 0. The molecule has 1 saturated carbocycles. The molecule has 0 aromatic carbocycles. The van der Waals surface area contributed by atoms with E-state index in [2.05, 4.69) is 48.7 Å². The minimum absolute atomic E-state index is 0.173. The van der Waals surface area contributed by atoms with Gasteiger partial charge in [-0.05, 0) is 59.4 Å². The molecule has 1 fully saturated rings. The fraction of sp³-hybridized carbons (Fsp3) is 0.765. The minimum Gasteiger partial charge on any atom is -0.292 e. The van der Waals surface area contributed by atoms with E-state index in [0.29, 0.717) is 5.41 Å². The average molecular weight is 355 g/mol. The molecule has 0 amide bonds. The van der Waals surface area contributed by atoms with Gasteiger partial charge in [-0.3, -0.25) is 9.48 Å². The minimum atomic E-state index is 0.173. The van der Waals surface area contributed by atoms with Gasteiger partial charge in [-0.1, -0.05) is 27.7 Å². The van der Waals surface area contributed by atoms with Crippen LogP contribution in [0, 0.1) is 17.3 Å². The number of carbonyl (C=O) groups is 1. The van der Waals surface area contributed by atoms with Gasteiger partial charge in [0.1, 0.15) is 5.69 Å². The Labute approximate surface area is 136 Å². The predicted octanol–water partition coefficient (Wildman–Crippen LogP) is 5.09. The Morgan fingerprint density at radius 1 is 1.33 bits per heavy atom. The van der Waals surface area contributed by atoms with Gasteiger partial charge < -0.3 is 0 Å². The van der Waals surface area contributed by atoms with Crippen molar-refractivity contribution in [2.75, 3.05) is 0 Å². The standard InChI is InChI=1S/C17H27BrN2O/c1-5-10-20-15(14(18)11-19-20)16(21)12-6-8-13(9-7-12)17(2,3)4/h11-13H,5-10H2,1-4H3. The number of nitrogens with zero attached hydrogens (tertiary/aromatic N) is 2. The molecule has 1 aromatic rings. The van der Waals surface area contributed by atoms with Crippen molar-refractivity contribution < 1.29 is 4.79 Å². The van der Waals surface area contributed by atoms with Crippen molar-refractivity contribution >= 4 is 21.7 Å². The Morgan fingerprint density at radius 2 is 1.95 bits per heavy atom. The number of ketones is 1. The number of halogens is 1. The highest BCUT2D eigenvalue weighted by Crippen LogP contribution is 2.41. The maximum absolute atomic E-state index is 12.8. The van der Waals surface area contributed by atoms with Crippen LogP contribution in [0.1, 0.15) is 70.3 Å². The van der Waals surface area contributed by atoms with Crippen LogP contribution in [0.3, 0.4) is 0 Å². The molecule has 3 nitrogen and oxygen atoms in total. The Morgan fingerprint density at radius 3 is 2.48 bits per heavy atom. The number of Topliss-reactive ketones (excluding diaryl/α,β-unsaturated/α-hetero) is 1. The molecule has 0 unspecified atom stereocenters. The summed E-state index contributed by atoms with van der Waals surface area (Å²) in [4.78, 5) is 12.8. The summed E-state index contributed by atoms with van der Waals surface area (Å²) in [5.74, 6) is 1.19. The van der Waals surface area contributed by atoms with Crippen LogP contribution in [-0.2, 0) is 6.54 Å². The summed E-state index contributed by atoms with van der Waals surface area (Å²) in [5, 5.41) is 4.32. The summed E-state index contributed by atoms with van der Waals surface area (Å²) in [6.07, 6.45) is 7.11. The van der Waals surface area contributed by atoms with E-state index in [1.807, 2.05) is 4.68 Å². The second-order valence-corrected chi connectivity index (χ2v) is 8.20. The van der Waals surface area contributed by atoms with Gasteiger partial charge in [0.15, 0.2) is 5.78 Å². The summed E-state index contributed by atoms with van der Waals surface area (Å²) < 4.78 is 2.71. The Balaban J connectivity index is 2.07. The van der Waals surface area contributed by atoms with Crippen molar-refractivity contribution in [2.24, 2.45) is 17.3 Å². The first kappa shape index (κ1) is 16.7. The molecule has 0 aliphatic heterocycles. The molecule has 4 heteroatoms. The number of aryl methyl sites for hydroxylation is 1. The molecule has 1 heterocycles. The normalized spacial score (nSPS) is 23.3. The van der Waals surface area contributed by atoms with Gasteiger partial charge in [0.2, 0.25) is 0 Å². The topological polar surface area (TPSA) is 34.9 Å². The van der Waals surface area contributed by atoms with Crippen LogP contribution in [0.25, 0.3) is 0 Å². The molecule has 1 aliphatic rings. The molecular weight excluding hydrogens is 328 g/mol. The molecule has 118 valence electrons. The van der Waals surface area contributed by atoms with E-state index in [0.717, 1.165) is 41.9 Å². The quantitative estimate of drug-likeness (QED) is 0.705. The zero-order chi connectivity index (χ0) is 15.6. The first-order valence-corrected chi connectivity index (χ1v) is 8.89. The van der Waals surface area contributed by atoms with Gasteiger partial charge >= 0.3 is 0 Å². The van der Waals surface area contributed by atoms with E-state index in [1.54, 1.807) is 6.20 Å². The first-order valence-electron chi connectivity index (χ1n) is 8.10. The molecule has 1 aromatic heterocycles. The highest BCUT2D eigenvalue weighted by molar-refractivity contribution is 9.10. The van der Waals surface area contributed by atoms with Crippen molar-refractivity contribution in [3.05, 3.63) is 16.4 Å². The smallest absolute Gasteiger partial charge is 0.185 e. The molecule has 0 spiro atoms. The summed E-state index contributed by atoms with van der Waals surface area (Å²) in [6.45, 7) is 9.86. The van der Waals surface area contributed by atoms with Gasteiger partial charge in [0, 0.05) is 12.5 Å². The van der Waals surface area contributed by atoms with Crippen LogP contribution in [0.2, 0.25) is 0 Å². The molecule has 0 bridgehead atoms. The lowest BCUT2D eigenvalue weighted by molar-refractivity contribution is 0.0807. The maximum atomic E-state index is 12.8. The van der Waals surface area contributed by atoms with Gasteiger partial charge in [-0.25, -0.2) is 0 Å². The summed E-state index contributed by atoms with van der Waals surface area (Å²) in [7, 11) is 0. The fourth-order valence-corrected chi connectivity index (χ4v) is 3.90. The monoisotopic (exact) mass is 354 g/mol. The van der Waals surface area contributed by atoms with Crippen LogP contribution < -0.4 is 0 Å². The lowest BCUT2D eigenvalue weighted by Gasteiger charge is -2.36. The van der Waals surface area contributed by atoms with Crippen molar-refractivity contribution in [3.63, 3.8) is 0 Å². The molecule has 0 atom stereocenters. The summed E-state index contributed by atoms with van der Waals surface area (Å²) >= 11 is 3.49. The highest BCUT2D eigenvalue weighted by Gasteiger charge is 2.34. The molecule has 21 heavy (non-hydrogen) atoms. The third-order valence-corrected chi connectivity index (χ3v) is 5.37. The zero-order valence-corrected chi connectivity index (χ0v) is 15.2. The zero-order valence-electron chi connectivity index (χ0n) is 13.7. The van der Waals surface area contributed by atoms with Gasteiger partial charge in [-0.15, -0.1) is 0 Å². The molecule has 0 N–H and O–H groups in total. The van der Waals surface area contributed by atoms with Crippen molar-refractivity contribution in [2.45, 2.75) is 66.3 Å². The predicted molar refractivity (Wildman–Crippen MR) is 89.5 cm³/mol. The number of hydrogen-bond acceptors (Lipinski definition) is 2. The van der Waals surface area contributed by atoms with Crippen LogP contribution in [0.5, 0.6) is 0 Å². The van der Waals surface area contributed by atoms with Gasteiger partial charge in [-0.2, -0.15) is 5.10 Å². The third-order valence-electron chi connectivity index (χ3n) is 4.79. The molecule has 0 radical (unpaired) electrons. The molecule has 0 saturated heterocycles. The lowest BCUT2D eigenvalue weighted by atomic mass is 9.69. The number of aromatic nitrogens is 2. The van der Waals surface area contributed by atoms with Crippen LogP contribution >= 0.6 is 15.9 Å². The highest BCUT2D eigenvalue weighted by atomic mass is 79.9. The Kier molecular flexibility index (Phi) is 5.29. The lowest BCUT2D eigenvalue weighted by Crippen LogP contribution is -2.29. The van der Waals surface area contributed by atoms with E-state index >= 15 is 0 Å². The van der Waals surface area contributed by atoms with Crippen LogP contribution in [-0.4, -0.2) is 15.6 Å². The van der Waals surface area contributed by atoms with E-state index in [-0.39, 0.29) is 11.7 Å². The van der Waals surface area contributed by atoms with Crippen molar-refractivity contribution in [3.8, 4) is 0 Å². The van der Waals surface area contributed by atoms with Gasteiger partial charge in [0.25, 0.3) is 0 Å². The third kappa shape index (κ3) is 3.77. The Bertz CT molecular complexity index is 493. The Hall–Kier alpha value is -0.640. The molecule has 1 aliphatic carbocycles.